The molecule has 0 fully saturated rings. The van der Waals surface area contributed by atoms with E-state index < -0.39 is 11.7 Å². The number of unbranched alkanes of at least 4 members (excludes halogenated alkanes) is 1. The van der Waals surface area contributed by atoms with Gasteiger partial charge in [0.2, 0.25) is 0 Å². The number of aryl methyl sites for hydroxylation is 1. The zero-order chi connectivity index (χ0) is 22.2. The first-order valence-corrected chi connectivity index (χ1v) is 9.72. The minimum Gasteiger partial charge on any atom is -0.494 e. The minimum absolute atomic E-state index is 0. The van der Waals surface area contributed by atoms with Crippen molar-refractivity contribution in [1.82, 2.24) is 5.32 Å². The number of halogens is 3. The van der Waals surface area contributed by atoms with Crippen molar-refractivity contribution >= 4 is 12.1 Å². The summed E-state index contributed by atoms with van der Waals surface area (Å²) in [5, 5.41) is 5.46. The molecule has 2 rings (SSSR count). The number of benzene rings is 2. The fraction of sp³-hybridized carbons (Fsp3) is 0.348. The van der Waals surface area contributed by atoms with Gasteiger partial charge in [-0.25, -0.2) is 0 Å². The molecule has 0 saturated carbocycles. The Balaban J connectivity index is 0.00000113. The van der Waals surface area contributed by atoms with Gasteiger partial charge in [-0.15, -0.1) is 24.4 Å². The summed E-state index contributed by atoms with van der Waals surface area (Å²) in [5.74, 6) is 0.227. The van der Waals surface area contributed by atoms with Crippen LogP contribution in [0.4, 0.5) is 18.9 Å². The third-order valence-corrected chi connectivity index (χ3v) is 3.97. The predicted octanol–water partition coefficient (Wildman–Crippen LogP) is 2.22. The Hall–Kier alpha value is -1.94. The number of hydrogen-bond acceptors (Lipinski definition) is 3. The standard InChI is InChI=1S/C18H17F3NO2.C5H11N.Li/c19-18(20,21)15-5-3-6-17(12-15)24-11-2-1-4-14-7-9-16(10-8-14)22-13-23;1-3-5-6-4-2;/h3,5-10,12H,1-2,4,11H2,(H,22,23);6H,1-5H2;/q-1;-2;+1. The Labute approximate surface area is 195 Å². The maximum Gasteiger partial charge on any atom is 1.00 e. The van der Waals surface area contributed by atoms with Crippen molar-refractivity contribution < 1.29 is 41.6 Å². The van der Waals surface area contributed by atoms with E-state index in [0.717, 1.165) is 56.5 Å². The van der Waals surface area contributed by atoms with Crippen LogP contribution in [0.1, 0.15) is 30.4 Å². The van der Waals surface area contributed by atoms with Crippen LogP contribution in [-0.2, 0) is 17.4 Å². The van der Waals surface area contributed by atoms with E-state index in [2.05, 4.69) is 24.5 Å². The molecule has 0 aliphatic carbocycles. The SMILES string of the molecule is O=[C-]Nc1ccc(CCCCOc2cccc(C(F)(F)F)c2)cc1.[CH2-]CCNC[CH2-].[Li+]. The van der Waals surface area contributed by atoms with Gasteiger partial charge < -0.3 is 34.0 Å². The summed E-state index contributed by atoms with van der Waals surface area (Å²) in [6.07, 6.45) is 0.618. The summed E-state index contributed by atoms with van der Waals surface area (Å²) in [4.78, 5) is 10.2. The zero-order valence-corrected chi connectivity index (χ0v) is 17.9. The molecular formula is C23H28F3LiN2O2-2. The number of carbonyl (C=O) groups excluding carboxylic acids is 1. The van der Waals surface area contributed by atoms with Gasteiger partial charge in [0.05, 0.1) is 18.6 Å². The minimum atomic E-state index is -4.36. The van der Waals surface area contributed by atoms with Gasteiger partial charge >= 0.3 is 25.0 Å². The molecule has 2 aromatic rings. The van der Waals surface area contributed by atoms with Gasteiger partial charge in [-0.1, -0.05) is 23.8 Å². The topological polar surface area (TPSA) is 50.4 Å². The van der Waals surface area contributed by atoms with Crippen LogP contribution in [0, 0.1) is 13.8 Å². The van der Waals surface area contributed by atoms with Crippen LogP contribution in [0.15, 0.2) is 48.5 Å². The smallest absolute Gasteiger partial charge is 0.494 e. The van der Waals surface area contributed by atoms with E-state index in [-0.39, 0.29) is 24.6 Å². The van der Waals surface area contributed by atoms with Crippen molar-refractivity contribution in [3.05, 3.63) is 73.5 Å². The molecule has 0 bridgehead atoms. The number of anilines is 1. The summed E-state index contributed by atoms with van der Waals surface area (Å²) < 4.78 is 43.2. The first-order chi connectivity index (χ1) is 14.4. The van der Waals surface area contributed by atoms with Gasteiger partial charge in [0.25, 0.3) is 0 Å². The number of rotatable bonds is 11. The van der Waals surface area contributed by atoms with Crippen molar-refractivity contribution in [2.24, 2.45) is 0 Å². The number of amides is 1. The number of nitrogens with one attached hydrogen (secondary N) is 2. The molecule has 0 saturated heterocycles. The van der Waals surface area contributed by atoms with E-state index in [1.807, 2.05) is 12.1 Å². The Morgan fingerprint density at radius 1 is 1.03 bits per heavy atom. The van der Waals surface area contributed by atoms with Crippen LogP contribution in [0.2, 0.25) is 0 Å². The first kappa shape index (κ1) is 29.1. The molecule has 2 aromatic carbocycles. The fourth-order valence-corrected chi connectivity index (χ4v) is 2.45. The maximum atomic E-state index is 12.6. The molecule has 0 spiro atoms. The van der Waals surface area contributed by atoms with Crippen LogP contribution in [-0.4, -0.2) is 26.1 Å². The number of alkyl halides is 3. The Morgan fingerprint density at radius 2 is 1.74 bits per heavy atom. The fourth-order valence-electron chi connectivity index (χ4n) is 2.45. The Bertz CT molecular complexity index is 722. The van der Waals surface area contributed by atoms with Crippen LogP contribution >= 0.6 is 0 Å². The molecule has 0 unspecified atom stereocenters. The van der Waals surface area contributed by atoms with Gasteiger partial charge in [-0.05, 0) is 44.0 Å². The van der Waals surface area contributed by atoms with Crippen molar-refractivity contribution in [2.45, 2.75) is 31.9 Å². The molecule has 0 aliphatic heterocycles. The van der Waals surface area contributed by atoms with E-state index >= 15 is 0 Å². The van der Waals surface area contributed by atoms with E-state index in [0.29, 0.717) is 12.3 Å². The van der Waals surface area contributed by atoms with Crippen molar-refractivity contribution in [3.63, 3.8) is 0 Å². The van der Waals surface area contributed by atoms with Crippen LogP contribution < -0.4 is 34.2 Å². The molecule has 0 radical (unpaired) electrons. The summed E-state index contributed by atoms with van der Waals surface area (Å²) in [7, 11) is 0. The normalized spacial score (nSPS) is 10.4. The zero-order valence-electron chi connectivity index (χ0n) is 17.9. The molecule has 8 heteroatoms. The molecule has 1 amide bonds. The van der Waals surface area contributed by atoms with Gasteiger partial charge in [0.15, 0.2) is 0 Å². The van der Waals surface area contributed by atoms with E-state index in [9.17, 15) is 18.0 Å². The summed E-state index contributed by atoms with van der Waals surface area (Å²) >= 11 is 0. The average Bonchev–Trinajstić information content (AvgIpc) is 2.73. The number of hydrogen-bond donors (Lipinski definition) is 2. The largest absolute Gasteiger partial charge is 1.00 e. The molecule has 2 N–H and O–H groups in total. The molecule has 4 nitrogen and oxygen atoms in total. The summed E-state index contributed by atoms with van der Waals surface area (Å²) in [6.45, 7) is 9.38. The molecular weight excluding hydrogens is 400 g/mol. The molecule has 166 valence electrons. The quantitative estimate of drug-likeness (QED) is 0.250. The second-order valence-corrected chi connectivity index (χ2v) is 6.36. The maximum absolute atomic E-state index is 12.6. The third kappa shape index (κ3) is 13.2. The second-order valence-electron chi connectivity index (χ2n) is 6.36. The van der Waals surface area contributed by atoms with Crippen LogP contribution in [0.25, 0.3) is 0 Å². The van der Waals surface area contributed by atoms with Gasteiger partial charge in [-0.2, -0.15) is 19.6 Å². The summed E-state index contributed by atoms with van der Waals surface area (Å²) in [6, 6.07) is 12.3. The van der Waals surface area contributed by atoms with Crippen molar-refractivity contribution in [3.8, 4) is 5.75 Å². The monoisotopic (exact) mass is 428 g/mol. The average molecular weight is 428 g/mol. The third-order valence-electron chi connectivity index (χ3n) is 3.97. The summed E-state index contributed by atoms with van der Waals surface area (Å²) in [5.41, 5.74) is 1.09. The van der Waals surface area contributed by atoms with Crippen molar-refractivity contribution in [2.75, 3.05) is 25.0 Å². The van der Waals surface area contributed by atoms with E-state index in [1.165, 1.54) is 12.1 Å². The van der Waals surface area contributed by atoms with E-state index in [4.69, 9.17) is 4.74 Å². The van der Waals surface area contributed by atoms with Gasteiger partial charge in [-0.3, -0.25) is 0 Å². The Kier molecular flexibility index (Phi) is 15.7. The predicted molar refractivity (Wildman–Crippen MR) is 114 cm³/mol. The molecule has 0 atom stereocenters. The molecule has 0 heterocycles. The number of ether oxygens (including phenoxy) is 1. The van der Waals surface area contributed by atoms with Gasteiger partial charge in [0, 0.05) is 0 Å². The second kappa shape index (κ2) is 16.7. The van der Waals surface area contributed by atoms with Crippen LogP contribution in [0.5, 0.6) is 5.75 Å². The Morgan fingerprint density at radius 3 is 2.29 bits per heavy atom. The molecule has 31 heavy (non-hydrogen) atoms. The first-order valence-electron chi connectivity index (χ1n) is 9.72. The van der Waals surface area contributed by atoms with Gasteiger partial charge in [0.1, 0.15) is 5.75 Å². The van der Waals surface area contributed by atoms with Crippen LogP contribution in [0.3, 0.4) is 0 Å². The molecule has 0 aliphatic rings. The van der Waals surface area contributed by atoms with Crippen molar-refractivity contribution in [1.29, 1.82) is 0 Å². The van der Waals surface area contributed by atoms with E-state index in [1.54, 1.807) is 18.5 Å². The molecule has 0 aromatic heterocycles.